The maximum absolute atomic E-state index is 12.8. The fourth-order valence-corrected chi connectivity index (χ4v) is 4.16. The highest BCUT2D eigenvalue weighted by Crippen LogP contribution is 2.20. The molecular formula is C21H21BrN2O2S. The van der Waals surface area contributed by atoms with E-state index in [1.165, 1.54) is 0 Å². The first-order valence-electron chi connectivity index (χ1n) is 8.57. The smallest absolute Gasteiger partial charge is 0.241 e. The van der Waals surface area contributed by atoms with E-state index in [1.807, 2.05) is 61.5 Å². The Bertz CT molecular complexity index is 973. The van der Waals surface area contributed by atoms with Crippen LogP contribution in [0.15, 0.2) is 88.2 Å². The second kappa shape index (κ2) is 8.69. The van der Waals surface area contributed by atoms with Gasteiger partial charge in [-0.1, -0.05) is 64.0 Å². The van der Waals surface area contributed by atoms with Crippen molar-refractivity contribution in [3.63, 3.8) is 0 Å². The summed E-state index contributed by atoms with van der Waals surface area (Å²) in [4.78, 5) is 0.262. The Kier molecular flexibility index (Phi) is 6.31. The summed E-state index contributed by atoms with van der Waals surface area (Å²) in [6.07, 6.45) is 0. The lowest BCUT2D eigenvalue weighted by molar-refractivity contribution is 0.562. The average Bonchev–Trinajstić information content (AvgIpc) is 2.67. The van der Waals surface area contributed by atoms with Gasteiger partial charge in [0.2, 0.25) is 10.0 Å². The predicted octanol–water partition coefficient (Wildman–Crippen LogP) is 4.89. The summed E-state index contributed by atoms with van der Waals surface area (Å²) in [6.45, 7) is 2.36. The highest BCUT2D eigenvalue weighted by molar-refractivity contribution is 9.10. The monoisotopic (exact) mass is 444 g/mol. The van der Waals surface area contributed by atoms with Gasteiger partial charge in [0, 0.05) is 16.7 Å². The number of sulfonamides is 1. The highest BCUT2D eigenvalue weighted by Gasteiger charge is 2.21. The molecule has 3 rings (SSSR count). The summed E-state index contributed by atoms with van der Waals surface area (Å²) < 4.78 is 29.5. The lowest BCUT2D eigenvalue weighted by atomic mass is 10.1. The molecule has 0 saturated carbocycles. The van der Waals surface area contributed by atoms with Crippen LogP contribution in [0.1, 0.15) is 17.2 Å². The number of hydrogen-bond donors (Lipinski definition) is 2. The molecule has 0 heterocycles. The molecule has 6 heteroatoms. The summed E-state index contributed by atoms with van der Waals surface area (Å²) in [5, 5.41) is 3.31. The van der Waals surface area contributed by atoms with Crippen molar-refractivity contribution in [2.24, 2.45) is 0 Å². The largest absolute Gasteiger partial charge is 0.383 e. The maximum Gasteiger partial charge on any atom is 0.241 e. The molecule has 0 radical (unpaired) electrons. The Balaban J connectivity index is 1.81. The number of nitrogens with one attached hydrogen (secondary N) is 2. The molecule has 1 atom stereocenters. The maximum atomic E-state index is 12.8. The number of aryl methyl sites for hydroxylation is 1. The molecule has 140 valence electrons. The Morgan fingerprint density at radius 3 is 2.15 bits per heavy atom. The van der Waals surface area contributed by atoms with Crippen molar-refractivity contribution in [3.05, 3.63) is 94.5 Å². The molecule has 3 aromatic carbocycles. The van der Waals surface area contributed by atoms with Gasteiger partial charge in [0.25, 0.3) is 0 Å². The van der Waals surface area contributed by atoms with Crippen molar-refractivity contribution in [2.45, 2.75) is 17.9 Å². The zero-order valence-corrected chi connectivity index (χ0v) is 17.3. The minimum absolute atomic E-state index is 0.262. The molecule has 0 aromatic heterocycles. The second-order valence-electron chi connectivity index (χ2n) is 6.29. The van der Waals surface area contributed by atoms with Gasteiger partial charge < -0.3 is 5.32 Å². The second-order valence-corrected chi connectivity index (χ2v) is 8.92. The summed E-state index contributed by atoms with van der Waals surface area (Å²) in [7, 11) is -3.63. The molecular weight excluding hydrogens is 424 g/mol. The molecule has 0 fully saturated rings. The molecule has 3 aromatic rings. The zero-order chi connectivity index (χ0) is 19.3. The van der Waals surface area contributed by atoms with E-state index in [1.54, 1.807) is 24.3 Å². The van der Waals surface area contributed by atoms with E-state index in [0.717, 1.165) is 21.3 Å². The van der Waals surface area contributed by atoms with Gasteiger partial charge in [-0.2, -0.15) is 0 Å². The van der Waals surface area contributed by atoms with Crippen LogP contribution in [-0.2, 0) is 10.0 Å². The van der Waals surface area contributed by atoms with E-state index in [9.17, 15) is 8.42 Å². The lowest BCUT2D eigenvalue weighted by Crippen LogP contribution is -2.33. The van der Waals surface area contributed by atoms with Crippen molar-refractivity contribution in [1.29, 1.82) is 0 Å². The van der Waals surface area contributed by atoms with Crippen LogP contribution in [0, 0.1) is 6.92 Å². The molecule has 0 aliphatic rings. The Hall–Kier alpha value is -2.15. The van der Waals surface area contributed by atoms with Crippen LogP contribution in [-0.4, -0.2) is 15.0 Å². The first-order chi connectivity index (χ1) is 12.9. The van der Waals surface area contributed by atoms with Gasteiger partial charge in [-0.05, 0) is 48.9 Å². The Labute approximate surface area is 168 Å². The van der Waals surface area contributed by atoms with Gasteiger partial charge in [0.1, 0.15) is 0 Å². The fraction of sp³-hybridized carbons (Fsp3) is 0.143. The SMILES string of the molecule is Cc1ccc(S(=O)(=O)NC(CNc2ccc(Br)cc2)c2ccccc2)cc1. The van der Waals surface area contributed by atoms with Crippen molar-refractivity contribution in [1.82, 2.24) is 4.72 Å². The van der Waals surface area contributed by atoms with E-state index < -0.39 is 16.1 Å². The minimum atomic E-state index is -3.63. The van der Waals surface area contributed by atoms with E-state index in [0.29, 0.717) is 6.54 Å². The van der Waals surface area contributed by atoms with Crippen LogP contribution < -0.4 is 10.0 Å². The fourth-order valence-electron chi connectivity index (χ4n) is 2.67. The third-order valence-electron chi connectivity index (χ3n) is 4.19. The molecule has 0 aliphatic heterocycles. The van der Waals surface area contributed by atoms with Crippen LogP contribution in [0.5, 0.6) is 0 Å². The molecule has 0 aliphatic carbocycles. The van der Waals surface area contributed by atoms with Crippen LogP contribution in [0.3, 0.4) is 0 Å². The van der Waals surface area contributed by atoms with Gasteiger partial charge in [0.15, 0.2) is 0 Å². The number of hydrogen-bond acceptors (Lipinski definition) is 3. The van der Waals surface area contributed by atoms with Crippen LogP contribution in [0.25, 0.3) is 0 Å². The van der Waals surface area contributed by atoms with Crippen molar-refractivity contribution >= 4 is 31.6 Å². The van der Waals surface area contributed by atoms with Gasteiger partial charge >= 0.3 is 0 Å². The zero-order valence-electron chi connectivity index (χ0n) is 14.9. The number of benzene rings is 3. The number of halogens is 1. The summed E-state index contributed by atoms with van der Waals surface area (Å²) in [6, 6.07) is 23.8. The normalized spacial score (nSPS) is 12.5. The number of rotatable bonds is 7. The molecule has 0 saturated heterocycles. The molecule has 4 nitrogen and oxygen atoms in total. The predicted molar refractivity (Wildman–Crippen MR) is 113 cm³/mol. The Morgan fingerprint density at radius 1 is 0.889 bits per heavy atom. The van der Waals surface area contributed by atoms with Gasteiger partial charge in [-0.3, -0.25) is 0 Å². The van der Waals surface area contributed by atoms with Gasteiger partial charge in [0.05, 0.1) is 10.9 Å². The summed E-state index contributed by atoms with van der Waals surface area (Å²) >= 11 is 3.41. The van der Waals surface area contributed by atoms with E-state index in [4.69, 9.17) is 0 Å². The average molecular weight is 445 g/mol. The topological polar surface area (TPSA) is 58.2 Å². The molecule has 27 heavy (non-hydrogen) atoms. The van der Waals surface area contributed by atoms with Crippen molar-refractivity contribution < 1.29 is 8.42 Å². The number of anilines is 1. The molecule has 2 N–H and O–H groups in total. The molecule has 1 unspecified atom stereocenters. The molecule has 0 amide bonds. The highest BCUT2D eigenvalue weighted by atomic mass is 79.9. The van der Waals surface area contributed by atoms with Crippen LogP contribution >= 0.6 is 15.9 Å². The summed E-state index contributed by atoms with van der Waals surface area (Å²) in [5.74, 6) is 0. The van der Waals surface area contributed by atoms with E-state index in [-0.39, 0.29) is 4.90 Å². The lowest BCUT2D eigenvalue weighted by Gasteiger charge is -2.20. The first kappa shape index (κ1) is 19.6. The minimum Gasteiger partial charge on any atom is -0.383 e. The standard InChI is InChI=1S/C21H21BrN2O2S/c1-16-7-13-20(14-8-16)27(25,26)24-21(17-5-3-2-4-6-17)15-23-19-11-9-18(22)10-12-19/h2-14,21,23-24H,15H2,1H3. The quantitative estimate of drug-likeness (QED) is 0.545. The summed E-state index contributed by atoms with van der Waals surface area (Å²) in [5.41, 5.74) is 2.84. The van der Waals surface area contributed by atoms with E-state index in [2.05, 4.69) is 26.0 Å². The third-order valence-corrected chi connectivity index (χ3v) is 6.20. The van der Waals surface area contributed by atoms with Crippen molar-refractivity contribution in [3.8, 4) is 0 Å². The van der Waals surface area contributed by atoms with Crippen LogP contribution in [0.2, 0.25) is 0 Å². The van der Waals surface area contributed by atoms with Gasteiger partial charge in [-0.15, -0.1) is 0 Å². The van der Waals surface area contributed by atoms with Crippen LogP contribution in [0.4, 0.5) is 5.69 Å². The molecule has 0 spiro atoms. The van der Waals surface area contributed by atoms with Crippen molar-refractivity contribution in [2.75, 3.05) is 11.9 Å². The van der Waals surface area contributed by atoms with Gasteiger partial charge in [-0.25, -0.2) is 13.1 Å². The van der Waals surface area contributed by atoms with E-state index >= 15 is 0 Å². The Morgan fingerprint density at radius 2 is 1.52 bits per heavy atom. The first-order valence-corrected chi connectivity index (χ1v) is 10.8. The third kappa shape index (κ3) is 5.42. The molecule has 0 bridgehead atoms.